The molecule has 0 heteroatoms. The van der Waals surface area contributed by atoms with Gasteiger partial charge in [0.15, 0.2) is 0 Å². The quantitative estimate of drug-likeness (QED) is 0.355. The molecule has 0 amide bonds. The molecule has 0 aromatic heterocycles. The van der Waals surface area contributed by atoms with Crippen molar-refractivity contribution in [3.8, 4) is 0 Å². The second-order valence-electron chi connectivity index (χ2n) is 7.54. The van der Waals surface area contributed by atoms with Gasteiger partial charge < -0.3 is 0 Å². The van der Waals surface area contributed by atoms with Crippen LogP contribution in [0, 0.1) is 17.3 Å². The molecule has 0 nitrogen and oxygen atoms in total. The Morgan fingerprint density at radius 1 is 0.722 bits per heavy atom. The summed E-state index contributed by atoms with van der Waals surface area (Å²) >= 11 is 0. The molecule has 1 radical (unpaired) electrons. The van der Waals surface area contributed by atoms with Gasteiger partial charge in [0.25, 0.3) is 0 Å². The minimum atomic E-state index is 0.497. The van der Waals surface area contributed by atoms with E-state index in [1.807, 2.05) is 0 Å². The first kappa shape index (κ1) is 18.0. The van der Waals surface area contributed by atoms with Crippen LogP contribution in [0.3, 0.4) is 0 Å². The minimum Gasteiger partial charge on any atom is -0.0654 e. The molecule has 0 aliphatic carbocycles. The van der Waals surface area contributed by atoms with Crippen LogP contribution in [0.1, 0.15) is 99.3 Å². The molecule has 0 heterocycles. The van der Waals surface area contributed by atoms with E-state index in [0.29, 0.717) is 10.8 Å². The molecule has 0 unspecified atom stereocenters. The first-order valence-corrected chi connectivity index (χ1v) is 8.14. The van der Waals surface area contributed by atoms with Crippen LogP contribution in [0.25, 0.3) is 0 Å². The van der Waals surface area contributed by atoms with Crippen molar-refractivity contribution in [3.05, 3.63) is 6.42 Å². The van der Waals surface area contributed by atoms with Crippen LogP contribution in [0.2, 0.25) is 0 Å². The van der Waals surface area contributed by atoms with Gasteiger partial charge >= 0.3 is 0 Å². The Hall–Kier alpha value is 0. The van der Waals surface area contributed by atoms with Gasteiger partial charge in [-0.2, -0.15) is 0 Å². The molecular formula is C18H37. The maximum atomic E-state index is 2.54. The van der Waals surface area contributed by atoms with Gasteiger partial charge in [-0.25, -0.2) is 0 Å². The summed E-state index contributed by atoms with van der Waals surface area (Å²) < 4.78 is 0. The predicted molar refractivity (Wildman–Crippen MR) is 84.8 cm³/mol. The number of rotatable bonds is 11. The molecule has 0 aromatic rings. The lowest BCUT2D eigenvalue weighted by atomic mass is 9.78. The molecule has 0 aromatic carbocycles. The summed E-state index contributed by atoms with van der Waals surface area (Å²) in [5.74, 6) is 0. The molecule has 0 bridgehead atoms. The fourth-order valence-corrected chi connectivity index (χ4v) is 2.31. The second-order valence-corrected chi connectivity index (χ2v) is 7.54. The third-order valence-electron chi connectivity index (χ3n) is 4.31. The van der Waals surface area contributed by atoms with Crippen LogP contribution >= 0.6 is 0 Å². The van der Waals surface area contributed by atoms with E-state index in [1.165, 1.54) is 57.8 Å². The van der Waals surface area contributed by atoms with E-state index in [2.05, 4.69) is 48.0 Å². The lowest BCUT2D eigenvalue weighted by Gasteiger charge is -2.28. The van der Waals surface area contributed by atoms with Crippen molar-refractivity contribution < 1.29 is 0 Å². The van der Waals surface area contributed by atoms with Crippen LogP contribution < -0.4 is 0 Å². The Morgan fingerprint density at radius 2 is 1.28 bits per heavy atom. The summed E-state index contributed by atoms with van der Waals surface area (Å²) in [6.45, 7) is 14.2. The summed E-state index contributed by atoms with van der Waals surface area (Å²) in [6, 6.07) is 0. The summed E-state index contributed by atoms with van der Waals surface area (Å²) in [7, 11) is 0. The van der Waals surface area contributed by atoms with Gasteiger partial charge in [-0.15, -0.1) is 0 Å². The fraction of sp³-hybridized carbons (Fsp3) is 0.944. The molecular weight excluding hydrogens is 216 g/mol. The summed E-state index contributed by atoms with van der Waals surface area (Å²) in [4.78, 5) is 0. The third-order valence-corrected chi connectivity index (χ3v) is 4.31. The standard InChI is InChI=1S/C18H37/c1-7-9-10-11-12-14-18(5,6)16-13-15-17(3,4)8-2/h13H,7-12,14-16H2,1-6H3. The van der Waals surface area contributed by atoms with Crippen molar-refractivity contribution in [3.63, 3.8) is 0 Å². The van der Waals surface area contributed by atoms with E-state index in [4.69, 9.17) is 0 Å². The first-order chi connectivity index (χ1) is 8.33. The maximum absolute atomic E-state index is 2.54. The highest BCUT2D eigenvalue weighted by molar-refractivity contribution is 4.82. The molecule has 0 N–H and O–H groups in total. The number of hydrogen-bond donors (Lipinski definition) is 0. The molecule has 109 valence electrons. The van der Waals surface area contributed by atoms with Gasteiger partial charge in [-0.3, -0.25) is 0 Å². The van der Waals surface area contributed by atoms with Crippen molar-refractivity contribution >= 4 is 0 Å². The van der Waals surface area contributed by atoms with Crippen molar-refractivity contribution in [2.45, 2.75) is 99.3 Å². The average molecular weight is 253 g/mol. The van der Waals surface area contributed by atoms with Gasteiger partial charge in [0.2, 0.25) is 0 Å². The average Bonchev–Trinajstić information content (AvgIpc) is 2.28. The van der Waals surface area contributed by atoms with E-state index < -0.39 is 0 Å². The molecule has 0 fully saturated rings. The van der Waals surface area contributed by atoms with E-state index >= 15 is 0 Å². The number of unbranched alkanes of at least 4 members (excludes halogenated alkanes) is 4. The topological polar surface area (TPSA) is 0 Å². The molecule has 0 spiro atoms. The van der Waals surface area contributed by atoms with E-state index in [0.717, 1.165) is 0 Å². The fourth-order valence-electron chi connectivity index (χ4n) is 2.31. The highest BCUT2D eigenvalue weighted by Gasteiger charge is 2.20. The Labute approximate surface area is 117 Å². The Balaban J connectivity index is 3.66. The summed E-state index contributed by atoms with van der Waals surface area (Å²) in [5, 5.41) is 0. The third kappa shape index (κ3) is 9.97. The van der Waals surface area contributed by atoms with E-state index in [-0.39, 0.29) is 0 Å². The largest absolute Gasteiger partial charge is 0.0654 e. The lowest BCUT2D eigenvalue weighted by molar-refractivity contribution is 0.285. The van der Waals surface area contributed by atoms with Crippen molar-refractivity contribution in [1.29, 1.82) is 0 Å². The minimum absolute atomic E-state index is 0.497. The van der Waals surface area contributed by atoms with Crippen molar-refractivity contribution in [1.82, 2.24) is 0 Å². The highest BCUT2D eigenvalue weighted by atomic mass is 14.3. The van der Waals surface area contributed by atoms with Crippen molar-refractivity contribution in [2.24, 2.45) is 10.8 Å². The SMILES string of the molecule is CCCCCCCC(C)(C)C[CH]CC(C)(C)CC. The normalized spacial score (nSPS) is 13.0. The van der Waals surface area contributed by atoms with Gasteiger partial charge in [-0.1, -0.05) is 80.1 Å². The lowest BCUT2D eigenvalue weighted by Crippen LogP contribution is -2.15. The predicted octanol–water partition coefficient (Wildman–Crippen LogP) is 6.79. The first-order valence-electron chi connectivity index (χ1n) is 8.14. The van der Waals surface area contributed by atoms with Crippen molar-refractivity contribution in [2.75, 3.05) is 0 Å². The Kier molecular flexibility index (Phi) is 8.99. The van der Waals surface area contributed by atoms with E-state index in [9.17, 15) is 0 Å². The van der Waals surface area contributed by atoms with Crippen LogP contribution in [0.4, 0.5) is 0 Å². The van der Waals surface area contributed by atoms with Gasteiger partial charge in [0.05, 0.1) is 0 Å². The van der Waals surface area contributed by atoms with Crippen LogP contribution in [0.5, 0.6) is 0 Å². The zero-order chi connectivity index (χ0) is 14.1. The van der Waals surface area contributed by atoms with Gasteiger partial charge in [0, 0.05) is 0 Å². The Bertz CT molecular complexity index is 188. The molecule has 0 aliphatic rings. The molecule has 18 heavy (non-hydrogen) atoms. The van der Waals surface area contributed by atoms with Crippen LogP contribution in [0.15, 0.2) is 0 Å². The molecule has 0 rings (SSSR count). The zero-order valence-corrected chi connectivity index (χ0v) is 13.9. The maximum Gasteiger partial charge on any atom is -0.0351 e. The molecule has 0 atom stereocenters. The Morgan fingerprint density at radius 3 is 1.83 bits per heavy atom. The molecule has 0 aliphatic heterocycles. The molecule has 0 saturated carbocycles. The van der Waals surface area contributed by atoms with Crippen LogP contribution in [-0.2, 0) is 0 Å². The van der Waals surface area contributed by atoms with Crippen LogP contribution in [-0.4, -0.2) is 0 Å². The smallest absolute Gasteiger partial charge is 0.0351 e. The second kappa shape index (κ2) is 8.99. The number of hydrogen-bond acceptors (Lipinski definition) is 0. The van der Waals surface area contributed by atoms with E-state index in [1.54, 1.807) is 0 Å². The molecule has 0 saturated heterocycles. The summed E-state index contributed by atoms with van der Waals surface area (Å²) in [6.07, 6.45) is 14.8. The highest BCUT2D eigenvalue weighted by Crippen LogP contribution is 2.33. The van der Waals surface area contributed by atoms with Gasteiger partial charge in [0.1, 0.15) is 0 Å². The monoisotopic (exact) mass is 253 g/mol. The zero-order valence-electron chi connectivity index (χ0n) is 13.9. The summed E-state index contributed by atoms with van der Waals surface area (Å²) in [5.41, 5.74) is 1.01. The van der Waals surface area contributed by atoms with Gasteiger partial charge in [-0.05, 0) is 36.5 Å².